The van der Waals surface area contributed by atoms with Gasteiger partial charge in [-0.05, 0) is 52.8 Å². The molecule has 0 unspecified atom stereocenters. The summed E-state index contributed by atoms with van der Waals surface area (Å²) in [6.45, 7) is 2.43. The Morgan fingerprint density at radius 3 is 2.68 bits per heavy atom. The van der Waals surface area contributed by atoms with Crippen molar-refractivity contribution in [3.63, 3.8) is 0 Å². The number of carbonyl (C=O) groups is 1. The molecule has 98 valence electrons. The lowest BCUT2D eigenvalue weighted by molar-refractivity contribution is 0.0950. The number of amides is 1. The van der Waals surface area contributed by atoms with E-state index >= 15 is 0 Å². The van der Waals surface area contributed by atoms with Crippen LogP contribution in [0.1, 0.15) is 21.5 Å². The second-order valence-electron chi connectivity index (χ2n) is 4.21. The van der Waals surface area contributed by atoms with Crippen molar-refractivity contribution in [2.75, 3.05) is 0 Å². The molecule has 0 aromatic heterocycles. The van der Waals surface area contributed by atoms with Crippen molar-refractivity contribution in [2.24, 2.45) is 0 Å². The Balaban J connectivity index is 2.10. The molecule has 2 aromatic rings. The molecule has 0 aliphatic rings. The van der Waals surface area contributed by atoms with Crippen molar-refractivity contribution in [2.45, 2.75) is 13.5 Å². The van der Waals surface area contributed by atoms with Crippen LogP contribution in [0.5, 0.6) is 0 Å². The maximum Gasteiger partial charge on any atom is 0.252 e. The van der Waals surface area contributed by atoms with Crippen LogP contribution in [-0.4, -0.2) is 5.91 Å². The number of aryl methyl sites for hydroxylation is 1. The van der Waals surface area contributed by atoms with Gasteiger partial charge in [0.1, 0.15) is 0 Å². The van der Waals surface area contributed by atoms with E-state index in [0.29, 0.717) is 17.1 Å². The first-order valence-corrected chi connectivity index (χ1v) is 7.32. The first-order valence-electron chi connectivity index (χ1n) is 5.86. The molecule has 0 heterocycles. The zero-order chi connectivity index (χ0) is 13.8. The van der Waals surface area contributed by atoms with Gasteiger partial charge in [0, 0.05) is 15.1 Å². The molecular formula is C15H13ClINO. The van der Waals surface area contributed by atoms with Crippen LogP contribution in [0.4, 0.5) is 0 Å². The zero-order valence-corrected chi connectivity index (χ0v) is 13.3. The summed E-state index contributed by atoms with van der Waals surface area (Å²) >= 11 is 8.25. The summed E-state index contributed by atoms with van der Waals surface area (Å²) in [6, 6.07) is 13.2. The van der Waals surface area contributed by atoms with E-state index in [2.05, 4.69) is 27.9 Å². The molecule has 0 bridgehead atoms. The number of nitrogens with one attached hydrogen (secondary N) is 1. The molecular weight excluding hydrogens is 373 g/mol. The molecule has 0 aliphatic heterocycles. The molecule has 2 aromatic carbocycles. The highest BCUT2D eigenvalue weighted by Gasteiger charge is 2.11. The Hall–Kier alpha value is -1.07. The minimum Gasteiger partial charge on any atom is -0.348 e. The number of rotatable bonds is 3. The van der Waals surface area contributed by atoms with Crippen LogP contribution in [0, 0.1) is 10.5 Å². The van der Waals surface area contributed by atoms with E-state index in [9.17, 15) is 4.79 Å². The third-order valence-electron chi connectivity index (χ3n) is 2.83. The summed E-state index contributed by atoms with van der Waals surface area (Å²) in [7, 11) is 0. The Morgan fingerprint density at radius 2 is 1.95 bits per heavy atom. The molecule has 2 nitrogen and oxygen atoms in total. The predicted octanol–water partition coefficient (Wildman–Crippen LogP) is 4.18. The van der Waals surface area contributed by atoms with Gasteiger partial charge in [0.2, 0.25) is 0 Å². The highest BCUT2D eigenvalue weighted by atomic mass is 127. The van der Waals surface area contributed by atoms with E-state index in [0.717, 1.165) is 14.7 Å². The highest BCUT2D eigenvalue weighted by Crippen LogP contribution is 2.18. The molecule has 0 radical (unpaired) electrons. The maximum absolute atomic E-state index is 12.1. The van der Waals surface area contributed by atoms with Gasteiger partial charge in [-0.15, -0.1) is 0 Å². The largest absolute Gasteiger partial charge is 0.348 e. The second kappa shape index (κ2) is 6.39. The molecule has 4 heteroatoms. The Morgan fingerprint density at radius 1 is 1.21 bits per heavy atom. The molecule has 1 N–H and O–H groups in total. The lowest BCUT2D eigenvalue weighted by Crippen LogP contribution is -2.24. The van der Waals surface area contributed by atoms with E-state index in [4.69, 9.17) is 11.6 Å². The van der Waals surface area contributed by atoms with Crippen LogP contribution in [-0.2, 0) is 6.54 Å². The monoisotopic (exact) mass is 385 g/mol. The van der Waals surface area contributed by atoms with E-state index in [1.54, 1.807) is 0 Å². The molecule has 0 fully saturated rings. The number of halogens is 2. The van der Waals surface area contributed by atoms with Gasteiger partial charge in [-0.2, -0.15) is 0 Å². The molecule has 19 heavy (non-hydrogen) atoms. The third-order valence-corrected chi connectivity index (χ3v) is 4.63. The SMILES string of the molecule is Cc1cccc(C(=O)NCc2ccccc2Cl)c1I. The standard InChI is InChI=1S/C15H13ClINO/c1-10-5-4-7-12(14(10)17)15(19)18-9-11-6-2-3-8-13(11)16/h2-8H,9H2,1H3,(H,18,19). The van der Waals surface area contributed by atoms with E-state index in [-0.39, 0.29) is 5.91 Å². The van der Waals surface area contributed by atoms with Gasteiger partial charge in [-0.1, -0.05) is 41.9 Å². The van der Waals surface area contributed by atoms with E-state index in [1.807, 2.05) is 49.4 Å². The lowest BCUT2D eigenvalue weighted by atomic mass is 10.1. The van der Waals surface area contributed by atoms with Crippen molar-refractivity contribution >= 4 is 40.1 Å². The van der Waals surface area contributed by atoms with E-state index in [1.165, 1.54) is 0 Å². The van der Waals surface area contributed by atoms with Gasteiger partial charge in [0.15, 0.2) is 0 Å². The zero-order valence-electron chi connectivity index (χ0n) is 10.4. The van der Waals surface area contributed by atoms with Crippen LogP contribution in [0.15, 0.2) is 42.5 Å². The summed E-state index contributed by atoms with van der Waals surface area (Å²) in [6.07, 6.45) is 0. The van der Waals surface area contributed by atoms with Crippen molar-refractivity contribution in [3.05, 3.63) is 67.7 Å². The fourth-order valence-corrected chi connectivity index (χ4v) is 2.54. The van der Waals surface area contributed by atoms with Gasteiger partial charge in [0.25, 0.3) is 5.91 Å². The van der Waals surface area contributed by atoms with Crippen LogP contribution >= 0.6 is 34.2 Å². The first-order chi connectivity index (χ1) is 9.09. The Labute approximate surface area is 131 Å². The number of carbonyl (C=O) groups excluding carboxylic acids is 1. The average molecular weight is 386 g/mol. The fraction of sp³-hybridized carbons (Fsp3) is 0.133. The minimum absolute atomic E-state index is 0.0759. The molecule has 0 spiro atoms. The number of hydrogen-bond acceptors (Lipinski definition) is 1. The van der Waals surface area contributed by atoms with Crippen molar-refractivity contribution in [3.8, 4) is 0 Å². The fourth-order valence-electron chi connectivity index (χ4n) is 1.74. The number of benzene rings is 2. The van der Waals surface area contributed by atoms with Gasteiger partial charge in [-0.3, -0.25) is 4.79 Å². The van der Waals surface area contributed by atoms with Crippen molar-refractivity contribution < 1.29 is 4.79 Å². The normalized spacial score (nSPS) is 10.3. The van der Waals surface area contributed by atoms with Crippen LogP contribution in [0.2, 0.25) is 5.02 Å². The quantitative estimate of drug-likeness (QED) is 0.789. The van der Waals surface area contributed by atoms with Gasteiger partial charge >= 0.3 is 0 Å². The Kier molecular flexibility index (Phi) is 4.82. The van der Waals surface area contributed by atoms with Crippen LogP contribution in [0.25, 0.3) is 0 Å². The minimum atomic E-state index is -0.0759. The highest BCUT2D eigenvalue weighted by molar-refractivity contribution is 14.1. The smallest absolute Gasteiger partial charge is 0.252 e. The summed E-state index contributed by atoms with van der Waals surface area (Å²) in [4.78, 5) is 12.1. The predicted molar refractivity (Wildman–Crippen MR) is 86.5 cm³/mol. The molecule has 1 amide bonds. The Bertz CT molecular complexity index is 613. The van der Waals surface area contributed by atoms with Gasteiger partial charge in [-0.25, -0.2) is 0 Å². The maximum atomic E-state index is 12.1. The number of hydrogen-bond donors (Lipinski definition) is 1. The van der Waals surface area contributed by atoms with Crippen molar-refractivity contribution in [1.82, 2.24) is 5.32 Å². The van der Waals surface area contributed by atoms with Crippen LogP contribution < -0.4 is 5.32 Å². The lowest BCUT2D eigenvalue weighted by Gasteiger charge is -2.09. The van der Waals surface area contributed by atoms with Crippen molar-refractivity contribution in [1.29, 1.82) is 0 Å². The second-order valence-corrected chi connectivity index (χ2v) is 5.70. The third kappa shape index (κ3) is 3.48. The molecule has 0 aliphatic carbocycles. The summed E-state index contributed by atoms with van der Waals surface area (Å²) in [5, 5.41) is 3.56. The summed E-state index contributed by atoms with van der Waals surface area (Å²) < 4.78 is 0.983. The molecule has 2 rings (SSSR count). The molecule has 0 atom stereocenters. The first kappa shape index (κ1) is 14.3. The summed E-state index contributed by atoms with van der Waals surface area (Å²) in [5.41, 5.74) is 2.72. The van der Waals surface area contributed by atoms with E-state index < -0.39 is 0 Å². The topological polar surface area (TPSA) is 29.1 Å². The summed E-state index contributed by atoms with van der Waals surface area (Å²) in [5.74, 6) is -0.0759. The van der Waals surface area contributed by atoms with Gasteiger partial charge in [0.05, 0.1) is 5.56 Å². The van der Waals surface area contributed by atoms with Crippen LogP contribution in [0.3, 0.4) is 0 Å². The molecule has 0 saturated heterocycles. The van der Waals surface area contributed by atoms with Gasteiger partial charge < -0.3 is 5.32 Å². The molecule has 0 saturated carbocycles. The average Bonchev–Trinajstić information content (AvgIpc) is 2.40.